The van der Waals surface area contributed by atoms with Crippen LogP contribution >= 0.6 is 38.5 Å². The largest absolute Gasteiger partial charge is 0.493 e. The molecular formula is C14H14BrIN2O2. The zero-order chi connectivity index (χ0) is 14.9. The minimum atomic E-state index is -0.0845. The maximum Gasteiger partial charge on any atom is 0.215 e. The van der Waals surface area contributed by atoms with Gasteiger partial charge in [0.1, 0.15) is 0 Å². The summed E-state index contributed by atoms with van der Waals surface area (Å²) in [5.41, 5.74) is 1.12. The average molecular weight is 449 g/mol. The highest BCUT2D eigenvalue weighted by Gasteiger charge is 2.24. The minimum Gasteiger partial charge on any atom is -0.493 e. The van der Waals surface area contributed by atoms with Gasteiger partial charge in [-0.25, -0.2) is 0 Å². The van der Waals surface area contributed by atoms with E-state index < -0.39 is 0 Å². The third-order valence-electron chi connectivity index (χ3n) is 2.86. The van der Waals surface area contributed by atoms with Gasteiger partial charge < -0.3 is 4.74 Å². The monoisotopic (exact) mass is 448 g/mol. The Kier molecular flexibility index (Phi) is 4.85. The number of nitrogens with zero attached hydrogens (tertiary/aromatic N) is 2. The molecule has 0 radical (unpaired) electrons. The summed E-state index contributed by atoms with van der Waals surface area (Å²) in [5.74, 6) is 0.415. The van der Waals surface area contributed by atoms with E-state index in [1.165, 1.54) is 0 Å². The van der Waals surface area contributed by atoms with E-state index in [2.05, 4.69) is 43.6 Å². The van der Waals surface area contributed by atoms with Crippen molar-refractivity contribution in [3.8, 4) is 5.75 Å². The van der Waals surface area contributed by atoms with E-state index in [9.17, 15) is 4.79 Å². The molecule has 2 aromatic rings. The fourth-order valence-electron chi connectivity index (χ4n) is 1.90. The van der Waals surface area contributed by atoms with Crippen LogP contribution in [0.25, 0.3) is 0 Å². The SMILES string of the molecule is COc1cnn(C(C)C)c1C(=O)c1cc(Br)ccc1I. The molecule has 1 aromatic heterocycles. The number of aromatic nitrogens is 2. The molecule has 0 amide bonds. The van der Waals surface area contributed by atoms with Crippen LogP contribution in [-0.2, 0) is 0 Å². The van der Waals surface area contributed by atoms with E-state index in [4.69, 9.17) is 4.74 Å². The number of hydrogen-bond acceptors (Lipinski definition) is 3. The van der Waals surface area contributed by atoms with Crippen molar-refractivity contribution in [3.63, 3.8) is 0 Å². The van der Waals surface area contributed by atoms with E-state index in [0.717, 1.165) is 8.04 Å². The molecule has 1 heterocycles. The second kappa shape index (κ2) is 6.26. The van der Waals surface area contributed by atoms with E-state index in [1.807, 2.05) is 32.0 Å². The molecule has 20 heavy (non-hydrogen) atoms. The van der Waals surface area contributed by atoms with E-state index >= 15 is 0 Å². The van der Waals surface area contributed by atoms with Crippen LogP contribution in [0.15, 0.2) is 28.9 Å². The van der Waals surface area contributed by atoms with Gasteiger partial charge in [-0.3, -0.25) is 9.48 Å². The highest BCUT2D eigenvalue weighted by atomic mass is 127. The molecule has 106 valence electrons. The number of methoxy groups -OCH3 is 1. The van der Waals surface area contributed by atoms with E-state index in [0.29, 0.717) is 17.0 Å². The Labute approximate surface area is 139 Å². The summed E-state index contributed by atoms with van der Waals surface area (Å²) in [6.07, 6.45) is 1.58. The van der Waals surface area contributed by atoms with Gasteiger partial charge in [0.15, 0.2) is 11.4 Å². The number of rotatable bonds is 4. The number of benzene rings is 1. The third-order valence-corrected chi connectivity index (χ3v) is 4.29. The van der Waals surface area contributed by atoms with Crippen molar-refractivity contribution >= 4 is 44.3 Å². The standard InChI is InChI=1S/C14H14BrIN2O2/c1-8(2)18-13(12(20-3)7-17-18)14(19)10-6-9(15)4-5-11(10)16/h4-8H,1-3H3. The molecule has 0 atom stereocenters. The van der Waals surface area contributed by atoms with Crippen molar-refractivity contribution in [1.29, 1.82) is 0 Å². The molecule has 0 saturated carbocycles. The number of ketones is 1. The fraction of sp³-hybridized carbons (Fsp3) is 0.286. The predicted molar refractivity (Wildman–Crippen MR) is 89.5 cm³/mol. The van der Waals surface area contributed by atoms with Crippen LogP contribution in [0.5, 0.6) is 5.75 Å². The van der Waals surface area contributed by atoms with Crippen LogP contribution in [0.3, 0.4) is 0 Å². The molecule has 0 spiro atoms. The van der Waals surface area contributed by atoms with Crippen LogP contribution in [0.1, 0.15) is 35.9 Å². The van der Waals surface area contributed by atoms with Crippen LogP contribution < -0.4 is 4.74 Å². The van der Waals surface area contributed by atoms with Crippen molar-refractivity contribution in [1.82, 2.24) is 9.78 Å². The molecule has 0 unspecified atom stereocenters. The minimum absolute atomic E-state index is 0.0845. The van der Waals surface area contributed by atoms with Gasteiger partial charge in [-0.2, -0.15) is 5.10 Å². The highest BCUT2D eigenvalue weighted by molar-refractivity contribution is 14.1. The molecule has 0 bridgehead atoms. The molecule has 4 nitrogen and oxygen atoms in total. The van der Waals surface area contributed by atoms with Crippen LogP contribution in [0.2, 0.25) is 0 Å². The van der Waals surface area contributed by atoms with Crippen molar-refractivity contribution in [2.24, 2.45) is 0 Å². The molecule has 2 rings (SSSR count). The van der Waals surface area contributed by atoms with Gasteiger partial charge in [-0.05, 0) is 54.6 Å². The Morgan fingerprint density at radius 1 is 1.45 bits per heavy atom. The lowest BCUT2D eigenvalue weighted by atomic mass is 10.1. The Balaban J connectivity index is 2.58. The Bertz CT molecular complexity index is 653. The zero-order valence-corrected chi connectivity index (χ0v) is 15.1. The number of hydrogen-bond donors (Lipinski definition) is 0. The van der Waals surface area contributed by atoms with Gasteiger partial charge >= 0.3 is 0 Å². The number of ether oxygens (including phenoxy) is 1. The van der Waals surface area contributed by atoms with E-state index in [1.54, 1.807) is 18.0 Å². The first-order chi connectivity index (χ1) is 9.45. The smallest absolute Gasteiger partial charge is 0.215 e. The molecule has 0 aliphatic rings. The molecule has 0 fully saturated rings. The van der Waals surface area contributed by atoms with E-state index in [-0.39, 0.29) is 11.8 Å². The summed E-state index contributed by atoms with van der Waals surface area (Å²) < 4.78 is 8.73. The number of carbonyl (C=O) groups is 1. The maximum absolute atomic E-state index is 12.8. The molecule has 6 heteroatoms. The van der Waals surface area contributed by atoms with Crippen LogP contribution in [0.4, 0.5) is 0 Å². The summed E-state index contributed by atoms with van der Waals surface area (Å²) in [6, 6.07) is 5.72. The van der Waals surface area contributed by atoms with Crippen LogP contribution in [0, 0.1) is 3.57 Å². The molecule has 0 aliphatic carbocycles. The van der Waals surface area contributed by atoms with Gasteiger partial charge in [0.05, 0.1) is 13.3 Å². The van der Waals surface area contributed by atoms with Gasteiger partial charge in [-0.1, -0.05) is 15.9 Å². The lowest BCUT2D eigenvalue weighted by Gasteiger charge is -2.12. The van der Waals surface area contributed by atoms with Gasteiger partial charge in [0, 0.05) is 19.6 Å². The molecule has 1 aromatic carbocycles. The highest BCUT2D eigenvalue weighted by Crippen LogP contribution is 2.27. The summed E-state index contributed by atoms with van der Waals surface area (Å²) in [6.45, 7) is 3.96. The van der Waals surface area contributed by atoms with Crippen molar-refractivity contribution < 1.29 is 9.53 Å². The second-order valence-corrected chi connectivity index (χ2v) is 6.63. The van der Waals surface area contributed by atoms with Gasteiger partial charge in [0.25, 0.3) is 0 Å². The Morgan fingerprint density at radius 2 is 2.15 bits per heavy atom. The first-order valence-corrected chi connectivity index (χ1v) is 7.94. The Morgan fingerprint density at radius 3 is 2.75 bits per heavy atom. The first kappa shape index (κ1) is 15.5. The predicted octanol–water partition coefficient (Wildman–Crippen LogP) is 4.07. The summed E-state index contributed by atoms with van der Waals surface area (Å²) >= 11 is 5.56. The molecular weight excluding hydrogens is 435 g/mol. The summed E-state index contributed by atoms with van der Waals surface area (Å²) in [4.78, 5) is 12.8. The fourth-order valence-corrected chi connectivity index (χ4v) is 2.84. The van der Waals surface area contributed by atoms with Crippen molar-refractivity contribution in [2.75, 3.05) is 7.11 Å². The lowest BCUT2D eigenvalue weighted by molar-refractivity contribution is 0.102. The zero-order valence-electron chi connectivity index (χ0n) is 11.4. The molecule has 0 aliphatic heterocycles. The van der Waals surface area contributed by atoms with Gasteiger partial charge in [0.2, 0.25) is 5.78 Å². The Hall–Kier alpha value is -0.890. The maximum atomic E-state index is 12.8. The number of carbonyl (C=O) groups excluding carboxylic acids is 1. The number of halogens is 2. The third kappa shape index (κ3) is 2.90. The molecule has 0 saturated heterocycles. The topological polar surface area (TPSA) is 44.1 Å². The van der Waals surface area contributed by atoms with Crippen LogP contribution in [-0.4, -0.2) is 22.7 Å². The summed E-state index contributed by atoms with van der Waals surface area (Å²) in [5, 5.41) is 4.24. The second-order valence-electron chi connectivity index (χ2n) is 4.55. The summed E-state index contributed by atoms with van der Waals surface area (Å²) in [7, 11) is 1.55. The van der Waals surface area contributed by atoms with Crippen molar-refractivity contribution in [2.45, 2.75) is 19.9 Å². The quantitative estimate of drug-likeness (QED) is 0.523. The lowest BCUT2D eigenvalue weighted by Crippen LogP contribution is -2.15. The average Bonchev–Trinajstić information content (AvgIpc) is 2.84. The normalized spacial score (nSPS) is 10.9. The van der Waals surface area contributed by atoms with Gasteiger partial charge in [-0.15, -0.1) is 0 Å². The van der Waals surface area contributed by atoms with Crippen molar-refractivity contribution in [3.05, 3.63) is 43.7 Å². The molecule has 0 N–H and O–H groups in total. The first-order valence-electron chi connectivity index (χ1n) is 6.07.